The van der Waals surface area contributed by atoms with Crippen LogP contribution in [0.15, 0.2) is 194 Å². The van der Waals surface area contributed by atoms with E-state index in [9.17, 15) is 0 Å². The normalized spacial score (nSPS) is 12.9. The van der Waals surface area contributed by atoms with Crippen molar-refractivity contribution in [3.8, 4) is 0 Å². The predicted octanol–water partition coefficient (Wildman–Crippen LogP) is 19.4. The Bertz CT molecular complexity index is 4430. The molecule has 0 saturated carbocycles. The zero-order valence-corrected chi connectivity index (χ0v) is 43.7. The Morgan fingerprint density at radius 3 is 1.27 bits per heavy atom. The Hall–Kier alpha value is -8.41. The molecule has 0 radical (unpaired) electrons. The van der Waals surface area contributed by atoms with Crippen molar-refractivity contribution >= 4 is 121 Å². The molecule has 0 amide bonds. The zero-order valence-electron chi connectivity index (χ0n) is 43.7. The van der Waals surface area contributed by atoms with Crippen LogP contribution in [0.2, 0.25) is 0 Å². The fourth-order valence-corrected chi connectivity index (χ4v) is 12.2. The van der Waals surface area contributed by atoms with Gasteiger partial charge in [-0.15, -0.1) is 0 Å². The van der Waals surface area contributed by atoms with E-state index in [0.29, 0.717) is 0 Å². The van der Waals surface area contributed by atoms with Gasteiger partial charge in [0.25, 0.3) is 0 Å². The smallest absolute Gasteiger partial charge is 0.146 e. The van der Waals surface area contributed by atoms with Gasteiger partial charge in [0.1, 0.15) is 5.65 Å². The van der Waals surface area contributed by atoms with E-state index in [4.69, 9.17) is 4.98 Å². The van der Waals surface area contributed by atoms with Crippen molar-refractivity contribution in [2.45, 2.75) is 78.6 Å². The molecule has 0 aliphatic heterocycles. The number of benzene rings is 9. The molecule has 9 aromatic carbocycles. The first-order valence-corrected chi connectivity index (χ1v) is 26.2. The summed E-state index contributed by atoms with van der Waals surface area (Å²) >= 11 is 0. The fourth-order valence-electron chi connectivity index (χ4n) is 12.2. The summed E-state index contributed by atoms with van der Waals surface area (Å²) in [5.41, 5.74) is 17.1. The molecule has 360 valence electrons. The van der Waals surface area contributed by atoms with Gasteiger partial charge in [0.15, 0.2) is 0 Å². The van der Waals surface area contributed by atoms with Gasteiger partial charge in [-0.2, -0.15) is 0 Å². The summed E-state index contributed by atoms with van der Waals surface area (Å²) in [7, 11) is 0. The van der Waals surface area contributed by atoms with E-state index in [1.54, 1.807) is 0 Å². The monoisotopic (exact) mass is 957 g/mol. The van der Waals surface area contributed by atoms with E-state index in [1.807, 2.05) is 0 Å². The van der Waals surface area contributed by atoms with Gasteiger partial charge in [0.05, 0.1) is 45.2 Å². The lowest BCUT2D eigenvalue weighted by atomic mass is 9.83. The third kappa shape index (κ3) is 6.38. The average molecular weight is 958 g/mol. The van der Waals surface area contributed by atoms with Crippen LogP contribution in [0.4, 0.5) is 34.1 Å². The van der Waals surface area contributed by atoms with Crippen LogP contribution in [-0.2, 0) is 16.2 Å². The molecular formula is C69H59N5. The Morgan fingerprint density at radius 1 is 0.351 bits per heavy atom. The molecule has 14 rings (SSSR count). The molecule has 14 aromatic rings. The quantitative estimate of drug-likeness (QED) is 0.166. The largest absolute Gasteiger partial charge is 0.308 e. The minimum atomic E-state index is -0.133. The zero-order chi connectivity index (χ0) is 50.6. The first kappa shape index (κ1) is 44.3. The highest BCUT2D eigenvalue weighted by Gasteiger charge is 2.33. The number of nitrogens with zero attached hydrogens (tertiary/aromatic N) is 5. The Balaban J connectivity index is 1.22. The first-order valence-electron chi connectivity index (χ1n) is 26.2. The standard InChI is InChI=1S/C69H59N5/c1-67(2,3)43-36-53-54-37-45(69(7,8)9)40-57(71(46-25-14-10-15-26-46)47-27-16-11-17-28-47)63(54)73-58-41-70-66-60(59(58)55(38-43)61(53)73)56-39-44(68(4,5)6)35-52-51-34-42-24-22-23-33-50(42)64(65(51)74(66)62(52)56)72(48-29-18-12-19-30-48)49-31-20-13-21-32-49/h10-41H,1-9H3. The molecule has 5 heteroatoms. The topological polar surface area (TPSA) is 28.2 Å². The van der Waals surface area contributed by atoms with E-state index in [2.05, 4.69) is 275 Å². The average Bonchev–Trinajstić information content (AvgIpc) is 4.13. The maximum absolute atomic E-state index is 5.80. The van der Waals surface area contributed by atoms with Crippen molar-refractivity contribution in [3.63, 3.8) is 0 Å². The first-order chi connectivity index (χ1) is 35.6. The third-order valence-electron chi connectivity index (χ3n) is 15.9. The lowest BCUT2D eigenvalue weighted by Gasteiger charge is -2.29. The molecule has 5 aromatic heterocycles. The van der Waals surface area contributed by atoms with Crippen molar-refractivity contribution in [1.82, 2.24) is 13.8 Å². The fraction of sp³-hybridized carbons (Fsp3) is 0.174. The van der Waals surface area contributed by atoms with Gasteiger partial charge in [-0.1, -0.05) is 159 Å². The van der Waals surface area contributed by atoms with Gasteiger partial charge in [-0.25, -0.2) is 4.98 Å². The molecule has 0 N–H and O–H groups in total. The number of fused-ring (bicyclic) bond motifs is 14. The number of anilines is 6. The maximum Gasteiger partial charge on any atom is 0.146 e. The van der Waals surface area contributed by atoms with Crippen molar-refractivity contribution in [1.29, 1.82) is 0 Å². The van der Waals surface area contributed by atoms with Crippen LogP contribution < -0.4 is 9.80 Å². The molecular weight excluding hydrogens is 899 g/mol. The molecule has 0 fully saturated rings. The van der Waals surface area contributed by atoms with Gasteiger partial charge < -0.3 is 14.2 Å². The van der Waals surface area contributed by atoms with Crippen molar-refractivity contribution < 1.29 is 0 Å². The van der Waals surface area contributed by atoms with Crippen LogP contribution in [-0.4, -0.2) is 13.8 Å². The summed E-state index contributed by atoms with van der Waals surface area (Å²) in [6.45, 7) is 21.1. The Kier molecular flexibility index (Phi) is 9.31. The summed E-state index contributed by atoms with van der Waals surface area (Å²) in [6, 6.07) is 69.8. The molecule has 0 aliphatic carbocycles. The van der Waals surface area contributed by atoms with Crippen LogP contribution in [0.25, 0.3) is 87.1 Å². The molecule has 0 bridgehead atoms. The Morgan fingerprint density at radius 2 is 0.757 bits per heavy atom. The van der Waals surface area contributed by atoms with E-state index >= 15 is 0 Å². The lowest BCUT2D eigenvalue weighted by Crippen LogP contribution is -2.15. The lowest BCUT2D eigenvalue weighted by molar-refractivity contribution is 0.591. The number of hydrogen-bond acceptors (Lipinski definition) is 3. The summed E-state index contributed by atoms with van der Waals surface area (Å²) < 4.78 is 5.12. The second-order valence-corrected chi connectivity index (χ2v) is 23.7. The maximum atomic E-state index is 5.80. The van der Waals surface area contributed by atoms with Crippen LogP contribution in [0.3, 0.4) is 0 Å². The third-order valence-corrected chi connectivity index (χ3v) is 15.9. The predicted molar refractivity (Wildman–Crippen MR) is 317 cm³/mol. The van der Waals surface area contributed by atoms with E-state index in [-0.39, 0.29) is 16.2 Å². The summed E-state index contributed by atoms with van der Waals surface area (Å²) in [5.74, 6) is 0. The molecule has 0 saturated heterocycles. The van der Waals surface area contributed by atoms with Gasteiger partial charge in [-0.05, 0) is 129 Å². The summed E-state index contributed by atoms with van der Waals surface area (Å²) in [5, 5.41) is 12.3. The molecule has 0 spiro atoms. The summed E-state index contributed by atoms with van der Waals surface area (Å²) in [4.78, 5) is 10.7. The van der Waals surface area contributed by atoms with Crippen LogP contribution >= 0.6 is 0 Å². The second-order valence-electron chi connectivity index (χ2n) is 23.7. The number of para-hydroxylation sites is 4. The number of hydrogen-bond donors (Lipinski definition) is 0. The van der Waals surface area contributed by atoms with Gasteiger partial charge >= 0.3 is 0 Å². The molecule has 0 aliphatic rings. The number of aromatic nitrogens is 3. The number of rotatable bonds is 6. The van der Waals surface area contributed by atoms with Gasteiger partial charge in [0.2, 0.25) is 0 Å². The highest BCUT2D eigenvalue weighted by molar-refractivity contribution is 6.37. The Labute approximate surface area is 432 Å². The van der Waals surface area contributed by atoms with Gasteiger partial charge in [0, 0.05) is 71.2 Å². The van der Waals surface area contributed by atoms with Crippen molar-refractivity contribution in [3.05, 3.63) is 211 Å². The SMILES string of the molecule is CC(C)(C)c1cc(N(c2ccccc2)c2ccccc2)c2c(c1)c1cc(C(C)(C)C)cc3c4c5c6cc(C(C)(C)C)cc7c8cc9ccccc9c(N(c9ccccc9)c9ccccc9)c8n(c5ncc4n2c13)c76. The highest BCUT2D eigenvalue weighted by atomic mass is 15.2. The van der Waals surface area contributed by atoms with E-state index in [1.165, 1.54) is 87.1 Å². The van der Waals surface area contributed by atoms with Crippen LogP contribution in [0.1, 0.15) is 79.0 Å². The van der Waals surface area contributed by atoms with E-state index in [0.717, 1.165) is 50.8 Å². The van der Waals surface area contributed by atoms with Gasteiger partial charge in [-0.3, -0.25) is 4.40 Å². The summed E-state index contributed by atoms with van der Waals surface area (Å²) in [6.07, 6.45) is 2.20. The van der Waals surface area contributed by atoms with Crippen molar-refractivity contribution in [2.75, 3.05) is 9.80 Å². The highest BCUT2D eigenvalue weighted by Crippen LogP contribution is 2.54. The molecule has 74 heavy (non-hydrogen) atoms. The molecule has 5 nitrogen and oxygen atoms in total. The van der Waals surface area contributed by atoms with E-state index < -0.39 is 0 Å². The molecule has 5 heterocycles. The second kappa shape index (κ2) is 15.6. The number of pyridine rings is 1. The van der Waals surface area contributed by atoms with Crippen LogP contribution in [0, 0.1) is 0 Å². The van der Waals surface area contributed by atoms with Crippen LogP contribution in [0.5, 0.6) is 0 Å². The molecule has 0 unspecified atom stereocenters. The van der Waals surface area contributed by atoms with Crippen molar-refractivity contribution in [2.24, 2.45) is 0 Å². The molecule has 0 atom stereocenters. The minimum Gasteiger partial charge on any atom is -0.308 e. The minimum absolute atomic E-state index is 0.119.